The van der Waals surface area contributed by atoms with Gasteiger partial charge in [-0.05, 0) is 44.2 Å². The molecule has 2 aliphatic rings. The third kappa shape index (κ3) is 5.55. The number of rotatable bonds is 7. The maximum Gasteiger partial charge on any atom is 0.305 e. The molecule has 1 aromatic carbocycles. The summed E-state index contributed by atoms with van der Waals surface area (Å²) in [6.45, 7) is 5.11. The molecule has 0 bridgehead atoms. The highest BCUT2D eigenvalue weighted by Crippen LogP contribution is 2.39. The Labute approximate surface area is 162 Å². The van der Waals surface area contributed by atoms with Gasteiger partial charge in [0.15, 0.2) is 0 Å². The van der Waals surface area contributed by atoms with Gasteiger partial charge in [0, 0.05) is 44.4 Å². The zero-order chi connectivity index (χ0) is 19.1. The predicted molar refractivity (Wildman–Crippen MR) is 105 cm³/mol. The van der Waals surface area contributed by atoms with Gasteiger partial charge in [0.25, 0.3) is 0 Å². The number of carbonyl (C=O) groups excluding carboxylic acids is 2. The summed E-state index contributed by atoms with van der Waals surface area (Å²) in [7, 11) is 1.39. The first-order valence-corrected chi connectivity index (χ1v) is 10.2. The normalized spacial score (nSPS) is 22.9. The molecule has 0 saturated carbocycles. The minimum absolute atomic E-state index is 0.192. The summed E-state index contributed by atoms with van der Waals surface area (Å²) in [6.07, 6.45) is 6.00. The summed E-state index contributed by atoms with van der Waals surface area (Å²) < 4.78 is 4.64. The van der Waals surface area contributed by atoms with Gasteiger partial charge in [0.2, 0.25) is 5.91 Å². The largest absolute Gasteiger partial charge is 0.469 e. The van der Waals surface area contributed by atoms with Crippen molar-refractivity contribution in [2.75, 3.05) is 39.8 Å². The summed E-state index contributed by atoms with van der Waals surface area (Å²) in [5, 5.41) is 0. The van der Waals surface area contributed by atoms with Gasteiger partial charge in [-0.2, -0.15) is 0 Å². The number of carbonyl (C=O) groups is 2. The Bertz CT molecular complexity index is 634. The van der Waals surface area contributed by atoms with Crippen molar-refractivity contribution in [1.82, 2.24) is 9.80 Å². The lowest BCUT2D eigenvalue weighted by Crippen LogP contribution is -2.46. The molecule has 0 N–H and O–H groups in total. The number of nitrogens with zero attached hydrogens (tertiary/aromatic N) is 2. The highest BCUT2D eigenvalue weighted by atomic mass is 16.5. The van der Waals surface area contributed by atoms with E-state index in [0.29, 0.717) is 19.3 Å². The van der Waals surface area contributed by atoms with Gasteiger partial charge >= 0.3 is 5.97 Å². The monoisotopic (exact) mass is 372 g/mol. The van der Waals surface area contributed by atoms with Crippen LogP contribution in [0.4, 0.5) is 0 Å². The second-order valence-corrected chi connectivity index (χ2v) is 8.11. The number of amides is 1. The summed E-state index contributed by atoms with van der Waals surface area (Å²) in [4.78, 5) is 28.3. The zero-order valence-corrected chi connectivity index (χ0v) is 16.5. The molecule has 5 nitrogen and oxygen atoms in total. The van der Waals surface area contributed by atoms with E-state index >= 15 is 0 Å². The number of piperidine rings is 1. The van der Waals surface area contributed by atoms with Crippen LogP contribution in [0.15, 0.2) is 30.3 Å². The third-order valence-electron chi connectivity index (χ3n) is 6.09. The average molecular weight is 373 g/mol. The molecule has 0 unspecified atom stereocenters. The lowest BCUT2D eigenvalue weighted by molar-refractivity contribution is -0.140. The highest BCUT2D eigenvalue weighted by Gasteiger charge is 2.42. The van der Waals surface area contributed by atoms with Crippen LogP contribution in [-0.4, -0.2) is 61.5 Å². The van der Waals surface area contributed by atoms with Crippen molar-refractivity contribution in [2.45, 2.75) is 44.9 Å². The molecule has 3 rings (SSSR count). The van der Waals surface area contributed by atoms with Crippen LogP contribution in [-0.2, 0) is 20.7 Å². The van der Waals surface area contributed by atoms with Crippen molar-refractivity contribution < 1.29 is 14.3 Å². The van der Waals surface area contributed by atoms with Crippen LogP contribution in [0.5, 0.6) is 0 Å². The standard InChI is InChI=1S/C22H32N2O3/c1-27-21(26)10-5-9-20(25)24-16-13-22(18-24)12-6-14-23(17-22)15-11-19-7-3-2-4-8-19/h2-4,7-8H,5-6,9-18H2,1H3/t22-/m0/s1. The Balaban J connectivity index is 1.45. The Kier molecular flexibility index (Phi) is 6.89. The summed E-state index contributed by atoms with van der Waals surface area (Å²) in [6, 6.07) is 10.7. The van der Waals surface area contributed by atoms with E-state index in [9.17, 15) is 9.59 Å². The van der Waals surface area contributed by atoms with Gasteiger partial charge in [-0.25, -0.2) is 0 Å². The van der Waals surface area contributed by atoms with Crippen molar-refractivity contribution in [2.24, 2.45) is 5.41 Å². The molecule has 0 aromatic heterocycles. The fraction of sp³-hybridized carbons (Fsp3) is 0.636. The maximum absolute atomic E-state index is 12.5. The number of esters is 1. The third-order valence-corrected chi connectivity index (χ3v) is 6.09. The van der Waals surface area contributed by atoms with Crippen molar-refractivity contribution in [3.63, 3.8) is 0 Å². The molecule has 1 amide bonds. The maximum atomic E-state index is 12.5. The molecule has 0 aliphatic carbocycles. The molecule has 2 heterocycles. The molecule has 0 radical (unpaired) electrons. The second-order valence-electron chi connectivity index (χ2n) is 8.11. The van der Waals surface area contributed by atoms with Crippen LogP contribution in [0.1, 0.15) is 44.1 Å². The van der Waals surface area contributed by atoms with Gasteiger partial charge in [-0.3, -0.25) is 9.59 Å². The van der Waals surface area contributed by atoms with E-state index in [-0.39, 0.29) is 17.3 Å². The lowest BCUT2D eigenvalue weighted by Gasteiger charge is -2.40. The average Bonchev–Trinajstić information content (AvgIpc) is 3.10. The molecular formula is C22H32N2O3. The molecule has 27 heavy (non-hydrogen) atoms. The van der Waals surface area contributed by atoms with Gasteiger partial charge in [0.05, 0.1) is 7.11 Å². The van der Waals surface area contributed by atoms with Crippen molar-refractivity contribution >= 4 is 11.9 Å². The first-order chi connectivity index (χ1) is 13.1. The van der Waals surface area contributed by atoms with Crippen LogP contribution in [0, 0.1) is 5.41 Å². The Hall–Kier alpha value is -1.88. The fourth-order valence-corrected chi connectivity index (χ4v) is 4.56. The SMILES string of the molecule is COC(=O)CCCC(=O)N1CC[C@]2(CCCN(CCc3ccccc3)C2)C1. The van der Waals surface area contributed by atoms with Gasteiger partial charge in [-0.1, -0.05) is 30.3 Å². The first-order valence-electron chi connectivity index (χ1n) is 10.2. The van der Waals surface area contributed by atoms with E-state index in [0.717, 1.165) is 39.0 Å². The molecule has 5 heteroatoms. The molecule has 148 valence electrons. The van der Waals surface area contributed by atoms with Crippen LogP contribution >= 0.6 is 0 Å². The molecule has 2 aliphatic heterocycles. The smallest absolute Gasteiger partial charge is 0.305 e. The highest BCUT2D eigenvalue weighted by molar-refractivity contribution is 5.77. The van der Waals surface area contributed by atoms with Crippen molar-refractivity contribution in [3.8, 4) is 0 Å². The lowest BCUT2D eigenvalue weighted by atomic mass is 9.79. The summed E-state index contributed by atoms with van der Waals surface area (Å²) in [5.74, 6) is -0.0424. The van der Waals surface area contributed by atoms with Gasteiger partial charge < -0.3 is 14.5 Å². The van der Waals surface area contributed by atoms with Crippen LogP contribution < -0.4 is 0 Å². The van der Waals surface area contributed by atoms with E-state index in [1.165, 1.54) is 32.1 Å². The Morgan fingerprint density at radius 1 is 1.07 bits per heavy atom. The van der Waals surface area contributed by atoms with E-state index in [1.54, 1.807) is 0 Å². The van der Waals surface area contributed by atoms with Crippen LogP contribution in [0.25, 0.3) is 0 Å². The number of methoxy groups -OCH3 is 1. The van der Waals surface area contributed by atoms with E-state index in [1.807, 2.05) is 4.90 Å². The minimum atomic E-state index is -0.234. The van der Waals surface area contributed by atoms with E-state index in [2.05, 4.69) is 40.0 Å². The number of hydrogen-bond acceptors (Lipinski definition) is 4. The molecule has 2 fully saturated rings. The summed E-state index contributed by atoms with van der Waals surface area (Å²) in [5.41, 5.74) is 1.67. The predicted octanol–water partition coefficient (Wildman–Crippen LogP) is 2.89. The van der Waals surface area contributed by atoms with Crippen LogP contribution in [0.3, 0.4) is 0 Å². The number of hydrogen-bond donors (Lipinski definition) is 0. The molecule has 1 aromatic rings. The fourth-order valence-electron chi connectivity index (χ4n) is 4.56. The molecular weight excluding hydrogens is 340 g/mol. The van der Waals surface area contributed by atoms with E-state index in [4.69, 9.17) is 0 Å². The molecule has 1 atom stereocenters. The molecule has 1 spiro atoms. The summed E-state index contributed by atoms with van der Waals surface area (Å²) >= 11 is 0. The van der Waals surface area contributed by atoms with Crippen LogP contribution in [0.2, 0.25) is 0 Å². The molecule has 2 saturated heterocycles. The van der Waals surface area contributed by atoms with Gasteiger partial charge in [0.1, 0.15) is 0 Å². The minimum Gasteiger partial charge on any atom is -0.469 e. The van der Waals surface area contributed by atoms with Crippen molar-refractivity contribution in [3.05, 3.63) is 35.9 Å². The van der Waals surface area contributed by atoms with Crippen molar-refractivity contribution in [1.29, 1.82) is 0 Å². The topological polar surface area (TPSA) is 49.9 Å². The first kappa shape index (κ1) is 19.9. The zero-order valence-electron chi connectivity index (χ0n) is 16.5. The number of ether oxygens (including phenoxy) is 1. The van der Waals surface area contributed by atoms with Gasteiger partial charge in [-0.15, -0.1) is 0 Å². The Morgan fingerprint density at radius 2 is 1.89 bits per heavy atom. The number of likely N-dealkylation sites (tertiary alicyclic amines) is 2. The van der Waals surface area contributed by atoms with E-state index < -0.39 is 0 Å². The quantitative estimate of drug-likeness (QED) is 0.691. The second kappa shape index (κ2) is 9.36. The Morgan fingerprint density at radius 3 is 2.67 bits per heavy atom. The number of benzene rings is 1.